The summed E-state index contributed by atoms with van der Waals surface area (Å²) in [5.41, 5.74) is 0. The van der Waals surface area contributed by atoms with Gasteiger partial charge in [-0.3, -0.25) is 14.5 Å². The second-order valence-electron chi connectivity index (χ2n) is 4.61. The van der Waals surface area contributed by atoms with Crippen LogP contribution < -0.4 is 0 Å². The number of hydrogen-bond donors (Lipinski definition) is 2. The van der Waals surface area contributed by atoms with E-state index < -0.39 is 23.8 Å². The van der Waals surface area contributed by atoms with E-state index >= 15 is 0 Å². The van der Waals surface area contributed by atoms with Gasteiger partial charge in [0.25, 0.3) is 0 Å². The van der Waals surface area contributed by atoms with Crippen LogP contribution in [-0.2, 0) is 23.2 Å². The first-order valence-corrected chi connectivity index (χ1v) is 5.88. The molecule has 104 valence electrons. The minimum absolute atomic E-state index is 0.185. The average molecular weight is 269 g/mol. The number of aliphatic carboxylic acids is 2. The fraction of sp³-hybridized carbons (Fsp3) is 0.700. The van der Waals surface area contributed by atoms with Gasteiger partial charge in [0.2, 0.25) is 0 Å². The third-order valence-corrected chi connectivity index (χ3v) is 3.25. The summed E-state index contributed by atoms with van der Waals surface area (Å²) >= 11 is 0. The first-order valence-electron chi connectivity index (χ1n) is 5.88. The fourth-order valence-electron chi connectivity index (χ4n) is 2.30. The molecule has 1 fully saturated rings. The first-order chi connectivity index (χ1) is 8.97. The number of carboxylic acid groups (broad SMARTS) is 2. The molecule has 2 unspecified atom stereocenters. The molecule has 0 aromatic carbocycles. The zero-order valence-corrected chi connectivity index (χ0v) is 10.4. The van der Waals surface area contributed by atoms with E-state index in [1.165, 1.54) is 4.80 Å². The Kier molecular flexibility index (Phi) is 3.74. The van der Waals surface area contributed by atoms with Gasteiger partial charge in [-0.1, -0.05) is 0 Å². The number of nitrogens with zero attached hydrogens (tertiary/aromatic N) is 5. The van der Waals surface area contributed by atoms with Crippen LogP contribution in [-0.4, -0.2) is 60.3 Å². The van der Waals surface area contributed by atoms with Gasteiger partial charge in [-0.05, 0) is 18.2 Å². The number of carboxylic acids is 2. The van der Waals surface area contributed by atoms with E-state index in [-0.39, 0.29) is 6.54 Å². The van der Waals surface area contributed by atoms with Crippen molar-refractivity contribution in [1.29, 1.82) is 0 Å². The standard InChI is InChI=1S/C10H15N5O4/c1-14-12-8(11-13-14)5-15-3-2-6(9(16)17)7(4-15)10(18)19/h6-7H,2-5H2,1H3,(H,16,17)(H,18,19). The van der Waals surface area contributed by atoms with Crippen LogP contribution in [0.4, 0.5) is 0 Å². The van der Waals surface area contributed by atoms with Crippen LogP contribution in [0, 0.1) is 11.8 Å². The van der Waals surface area contributed by atoms with E-state index in [0.29, 0.717) is 25.3 Å². The van der Waals surface area contributed by atoms with Crippen LogP contribution in [0.5, 0.6) is 0 Å². The van der Waals surface area contributed by atoms with Crippen LogP contribution in [0.3, 0.4) is 0 Å². The highest BCUT2D eigenvalue weighted by atomic mass is 16.4. The Hall–Kier alpha value is -2.03. The number of aryl methyl sites for hydroxylation is 1. The van der Waals surface area contributed by atoms with Crippen molar-refractivity contribution < 1.29 is 19.8 Å². The highest BCUT2D eigenvalue weighted by Crippen LogP contribution is 2.25. The van der Waals surface area contributed by atoms with Gasteiger partial charge in [0.05, 0.1) is 25.4 Å². The van der Waals surface area contributed by atoms with Crippen molar-refractivity contribution in [3.05, 3.63) is 5.82 Å². The second kappa shape index (κ2) is 5.31. The number of likely N-dealkylation sites (tertiary alicyclic amines) is 1. The monoisotopic (exact) mass is 269 g/mol. The Morgan fingerprint density at radius 2 is 2.00 bits per heavy atom. The van der Waals surface area contributed by atoms with Crippen molar-refractivity contribution in [2.75, 3.05) is 13.1 Å². The minimum Gasteiger partial charge on any atom is -0.481 e. The molecule has 0 aliphatic carbocycles. The molecule has 1 aromatic rings. The van der Waals surface area contributed by atoms with Gasteiger partial charge >= 0.3 is 11.9 Å². The molecule has 9 heteroatoms. The van der Waals surface area contributed by atoms with Crippen molar-refractivity contribution in [3.63, 3.8) is 0 Å². The number of aromatic nitrogens is 4. The summed E-state index contributed by atoms with van der Waals surface area (Å²) in [7, 11) is 1.65. The largest absolute Gasteiger partial charge is 0.481 e. The molecular weight excluding hydrogens is 254 g/mol. The lowest BCUT2D eigenvalue weighted by Gasteiger charge is -2.33. The molecule has 19 heavy (non-hydrogen) atoms. The normalized spacial score (nSPS) is 24.3. The molecule has 0 bridgehead atoms. The summed E-state index contributed by atoms with van der Waals surface area (Å²) < 4.78 is 0. The quantitative estimate of drug-likeness (QED) is 0.700. The molecule has 1 saturated heterocycles. The van der Waals surface area contributed by atoms with Gasteiger partial charge in [0.1, 0.15) is 0 Å². The lowest BCUT2D eigenvalue weighted by Crippen LogP contribution is -2.46. The SMILES string of the molecule is Cn1nnc(CN2CCC(C(=O)O)C(C(=O)O)C2)n1. The zero-order valence-electron chi connectivity index (χ0n) is 10.4. The number of piperidine rings is 1. The Bertz CT molecular complexity index is 488. The van der Waals surface area contributed by atoms with E-state index in [1.54, 1.807) is 7.05 Å². The van der Waals surface area contributed by atoms with E-state index in [2.05, 4.69) is 15.4 Å². The summed E-state index contributed by atoms with van der Waals surface area (Å²) in [5, 5.41) is 29.7. The Balaban J connectivity index is 2.02. The fourth-order valence-corrected chi connectivity index (χ4v) is 2.30. The smallest absolute Gasteiger partial charge is 0.308 e. The maximum absolute atomic E-state index is 11.1. The lowest BCUT2D eigenvalue weighted by molar-refractivity contribution is -0.157. The van der Waals surface area contributed by atoms with E-state index in [0.717, 1.165) is 0 Å². The van der Waals surface area contributed by atoms with Crippen LogP contribution in [0.2, 0.25) is 0 Å². The zero-order chi connectivity index (χ0) is 14.0. The van der Waals surface area contributed by atoms with Crippen molar-refractivity contribution in [2.45, 2.75) is 13.0 Å². The maximum atomic E-state index is 11.1. The summed E-state index contributed by atoms with van der Waals surface area (Å²) in [4.78, 5) is 25.3. The van der Waals surface area contributed by atoms with E-state index in [9.17, 15) is 9.59 Å². The molecule has 1 aliphatic heterocycles. The molecule has 0 saturated carbocycles. The predicted octanol–water partition coefficient (Wildman–Crippen LogP) is -1.18. The van der Waals surface area contributed by atoms with Crippen molar-refractivity contribution in [3.8, 4) is 0 Å². The molecule has 0 spiro atoms. The van der Waals surface area contributed by atoms with Gasteiger partial charge in [-0.2, -0.15) is 4.80 Å². The molecule has 0 amide bonds. The Morgan fingerprint density at radius 3 is 2.53 bits per heavy atom. The third kappa shape index (κ3) is 3.05. The van der Waals surface area contributed by atoms with Crippen LogP contribution in [0.25, 0.3) is 0 Å². The highest BCUT2D eigenvalue weighted by Gasteiger charge is 2.38. The van der Waals surface area contributed by atoms with Crippen LogP contribution >= 0.6 is 0 Å². The van der Waals surface area contributed by atoms with E-state index in [1.807, 2.05) is 4.90 Å². The first kappa shape index (κ1) is 13.4. The number of carbonyl (C=O) groups is 2. The molecular formula is C10H15N5O4. The summed E-state index contributed by atoms with van der Waals surface area (Å²) in [6.07, 6.45) is 0.312. The number of rotatable bonds is 4. The molecule has 2 N–H and O–H groups in total. The highest BCUT2D eigenvalue weighted by molar-refractivity contribution is 5.80. The maximum Gasteiger partial charge on any atom is 0.308 e. The average Bonchev–Trinajstić information content (AvgIpc) is 2.74. The van der Waals surface area contributed by atoms with Gasteiger partial charge < -0.3 is 10.2 Å². The van der Waals surface area contributed by atoms with Gasteiger partial charge in [0, 0.05) is 6.54 Å². The second-order valence-corrected chi connectivity index (χ2v) is 4.61. The van der Waals surface area contributed by atoms with Gasteiger partial charge in [-0.25, -0.2) is 0 Å². The Morgan fingerprint density at radius 1 is 1.32 bits per heavy atom. The number of tetrazole rings is 1. The molecule has 9 nitrogen and oxygen atoms in total. The van der Waals surface area contributed by atoms with Crippen molar-refractivity contribution in [2.24, 2.45) is 18.9 Å². The molecule has 0 radical (unpaired) electrons. The lowest BCUT2D eigenvalue weighted by atomic mass is 9.85. The van der Waals surface area contributed by atoms with Crippen LogP contribution in [0.1, 0.15) is 12.2 Å². The molecule has 2 atom stereocenters. The molecule has 1 aromatic heterocycles. The van der Waals surface area contributed by atoms with Crippen LogP contribution in [0.15, 0.2) is 0 Å². The third-order valence-electron chi connectivity index (χ3n) is 3.25. The summed E-state index contributed by atoms with van der Waals surface area (Å²) in [6.45, 7) is 1.08. The molecule has 2 rings (SSSR count). The topological polar surface area (TPSA) is 121 Å². The van der Waals surface area contributed by atoms with Crippen molar-refractivity contribution in [1.82, 2.24) is 25.1 Å². The van der Waals surface area contributed by atoms with Gasteiger partial charge in [0.15, 0.2) is 5.82 Å². The molecule has 1 aliphatic rings. The van der Waals surface area contributed by atoms with Crippen molar-refractivity contribution >= 4 is 11.9 Å². The Labute approximate surface area is 108 Å². The van der Waals surface area contributed by atoms with E-state index in [4.69, 9.17) is 10.2 Å². The predicted molar refractivity (Wildman–Crippen MR) is 60.9 cm³/mol. The summed E-state index contributed by atoms with van der Waals surface area (Å²) in [6, 6.07) is 0. The molecule has 2 heterocycles. The summed E-state index contributed by atoms with van der Waals surface area (Å²) in [5.74, 6) is -3.36. The minimum atomic E-state index is -1.08. The van der Waals surface area contributed by atoms with Gasteiger partial charge in [-0.15, -0.1) is 10.2 Å². The number of hydrogen-bond acceptors (Lipinski definition) is 6.